The molecule has 1 aromatic carbocycles. The van der Waals surface area contributed by atoms with Crippen LogP contribution in [0.1, 0.15) is 9.67 Å². The Morgan fingerprint density at radius 1 is 1.15 bits per heavy atom. The molecular weight excluding hydrogens is 330 g/mol. The predicted octanol–water partition coefficient (Wildman–Crippen LogP) is 3.34. The molecule has 106 valence electrons. The summed E-state index contributed by atoms with van der Waals surface area (Å²) in [6, 6.07) is 5.07. The molecule has 0 bridgehead atoms. The second-order valence-corrected chi connectivity index (χ2v) is 7.57. The van der Waals surface area contributed by atoms with Crippen LogP contribution in [0.25, 0.3) is 0 Å². The van der Waals surface area contributed by atoms with Gasteiger partial charge in [0, 0.05) is 0 Å². The normalized spacial score (nSPS) is 11.6. The van der Waals surface area contributed by atoms with Crippen LogP contribution in [0, 0.1) is 11.6 Å². The zero-order chi connectivity index (χ0) is 14.9. The van der Waals surface area contributed by atoms with E-state index >= 15 is 0 Å². The van der Waals surface area contributed by atoms with Crippen LogP contribution in [0.15, 0.2) is 35.2 Å². The van der Waals surface area contributed by atoms with Crippen molar-refractivity contribution in [1.29, 1.82) is 0 Å². The van der Waals surface area contributed by atoms with Crippen LogP contribution in [0.4, 0.5) is 8.78 Å². The highest BCUT2D eigenvalue weighted by atomic mass is 35.5. The molecule has 8 heteroatoms. The highest BCUT2D eigenvalue weighted by molar-refractivity contribution is 7.92. The van der Waals surface area contributed by atoms with Gasteiger partial charge in [-0.3, -0.25) is 4.79 Å². The number of benzene rings is 1. The van der Waals surface area contributed by atoms with Crippen LogP contribution >= 0.6 is 22.9 Å². The van der Waals surface area contributed by atoms with Crippen LogP contribution in [0.3, 0.4) is 0 Å². The lowest BCUT2D eigenvalue weighted by Gasteiger charge is -2.03. The fourth-order valence-corrected chi connectivity index (χ4v) is 3.76. The van der Waals surface area contributed by atoms with Crippen LogP contribution in [-0.4, -0.2) is 20.0 Å². The number of rotatable bonds is 4. The number of carbonyl (C=O) groups excluding carboxylic acids is 1. The van der Waals surface area contributed by atoms with E-state index in [1.54, 1.807) is 0 Å². The minimum absolute atomic E-state index is 0.196. The van der Waals surface area contributed by atoms with Gasteiger partial charge in [0.1, 0.15) is 5.75 Å². The first-order valence-electron chi connectivity index (χ1n) is 5.26. The Bertz CT molecular complexity index is 769. The van der Waals surface area contributed by atoms with Crippen molar-refractivity contribution in [2.45, 2.75) is 4.90 Å². The van der Waals surface area contributed by atoms with Gasteiger partial charge in [-0.1, -0.05) is 11.6 Å². The van der Waals surface area contributed by atoms with Gasteiger partial charge < -0.3 is 0 Å². The molecule has 1 heterocycles. The standard InChI is InChI=1S/C12H7ClF2O3S2/c13-12-4-3-11(19-12)10(16)6-20(17,18)7-1-2-8(14)9(15)5-7/h1-5H,6H2. The van der Waals surface area contributed by atoms with Gasteiger partial charge in [0.2, 0.25) is 0 Å². The van der Waals surface area contributed by atoms with E-state index in [2.05, 4.69) is 0 Å². The van der Waals surface area contributed by atoms with Crippen LogP contribution in [0.2, 0.25) is 4.34 Å². The van der Waals surface area contributed by atoms with E-state index in [1.165, 1.54) is 12.1 Å². The van der Waals surface area contributed by atoms with E-state index in [9.17, 15) is 22.0 Å². The van der Waals surface area contributed by atoms with Crippen LogP contribution < -0.4 is 0 Å². The lowest BCUT2D eigenvalue weighted by Crippen LogP contribution is -2.15. The van der Waals surface area contributed by atoms with Crippen molar-refractivity contribution in [2.75, 3.05) is 5.75 Å². The number of Topliss-reactive ketones (excluding diaryl/α,β-unsaturated/α-hetero) is 1. The first-order chi connectivity index (χ1) is 9.29. The van der Waals surface area contributed by atoms with E-state index < -0.39 is 37.9 Å². The first-order valence-corrected chi connectivity index (χ1v) is 8.10. The second-order valence-electron chi connectivity index (χ2n) is 3.86. The molecule has 0 aliphatic heterocycles. The maximum Gasteiger partial charge on any atom is 0.188 e. The SMILES string of the molecule is O=C(CS(=O)(=O)c1ccc(F)c(F)c1)c1ccc(Cl)s1. The smallest absolute Gasteiger partial charge is 0.188 e. The fraction of sp³-hybridized carbons (Fsp3) is 0.0833. The Labute approximate surface area is 122 Å². The maximum absolute atomic E-state index is 13.0. The topological polar surface area (TPSA) is 51.2 Å². The van der Waals surface area contributed by atoms with Crippen LogP contribution in [0.5, 0.6) is 0 Å². The second kappa shape index (κ2) is 5.59. The zero-order valence-corrected chi connectivity index (χ0v) is 12.2. The molecule has 0 aliphatic rings. The average molecular weight is 337 g/mol. The van der Waals surface area contributed by atoms with Crippen molar-refractivity contribution >= 4 is 38.6 Å². The number of halogens is 3. The molecule has 0 saturated heterocycles. The molecule has 0 N–H and O–H groups in total. The molecule has 1 aromatic heterocycles. The highest BCUT2D eigenvalue weighted by Gasteiger charge is 2.22. The molecule has 0 saturated carbocycles. The Hall–Kier alpha value is -1.31. The van der Waals surface area contributed by atoms with Crippen molar-refractivity contribution < 1.29 is 22.0 Å². The Morgan fingerprint density at radius 3 is 2.40 bits per heavy atom. The van der Waals surface area contributed by atoms with Gasteiger partial charge in [-0.25, -0.2) is 17.2 Å². The summed E-state index contributed by atoms with van der Waals surface area (Å²) in [4.78, 5) is 11.6. The summed E-state index contributed by atoms with van der Waals surface area (Å²) < 4.78 is 50.1. The minimum atomic E-state index is -4.03. The van der Waals surface area contributed by atoms with Gasteiger partial charge in [0.15, 0.2) is 27.3 Å². The van der Waals surface area contributed by atoms with E-state index in [1.807, 2.05) is 0 Å². The van der Waals surface area contributed by atoms with Crippen molar-refractivity contribution in [3.8, 4) is 0 Å². The number of ketones is 1. The highest BCUT2D eigenvalue weighted by Crippen LogP contribution is 2.23. The largest absolute Gasteiger partial charge is 0.292 e. The third-order valence-corrected chi connectivity index (χ3v) is 5.31. The monoisotopic (exact) mass is 336 g/mol. The average Bonchev–Trinajstić information content (AvgIpc) is 2.79. The first kappa shape index (κ1) is 15.1. The van der Waals surface area contributed by atoms with Gasteiger partial charge >= 0.3 is 0 Å². The zero-order valence-electron chi connectivity index (χ0n) is 9.77. The van der Waals surface area contributed by atoms with Gasteiger partial charge in [-0.05, 0) is 30.3 Å². The molecule has 0 spiro atoms. The van der Waals surface area contributed by atoms with Crippen molar-refractivity contribution in [2.24, 2.45) is 0 Å². The summed E-state index contributed by atoms with van der Waals surface area (Å²) in [7, 11) is -4.03. The minimum Gasteiger partial charge on any atom is -0.292 e. The Balaban J connectivity index is 2.27. The number of carbonyl (C=O) groups is 1. The quantitative estimate of drug-likeness (QED) is 0.635. The summed E-state index contributed by atoms with van der Waals surface area (Å²) >= 11 is 6.61. The maximum atomic E-state index is 13.0. The summed E-state index contributed by atoms with van der Waals surface area (Å²) in [6.07, 6.45) is 0. The molecule has 0 radical (unpaired) electrons. The molecule has 2 aromatic rings. The molecule has 20 heavy (non-hydrogen) atoms. The van der Waals surface area contributed by atoms with E-state index in [-0.39, 0.29) is 4.88 Å². The molecule has 2 rings (SSSR count). The number of sulfone groups is 1. The Morgan fingerprint density at radius 2 is 1.85 bits per heavy atom. The number of hydrogen-bond acceptors (Lipinski definition) is 4. The van der Waals surface area contributed by atoms with Crippen molar-refractivity contribution in [3.05, 3.63) is 51.2 Å². The lowest BCUT2D eigenvalue weighted by molar-refractivity contribution is 0.102. The molecule has 0 amide bonds. The molecule has 0 aliphatic carbocycles. The molecular formula is C12H7ClF2O3S2. The predicted molar refractivity (Wildman–Crippen MR) is 72.1 cm³/mol. The third-order valence-electron chi connectivity index (χ3n) is 2.42. The van der Waals surface area contributed by atoms with E-state index in [0.29, 0.717) is 16.5 Å². The van der Waals surface area contributed by atoms with E-state index in [4.69, 9.17) is 11.6 Å². The van der Waals surface area contributed by atoms with Gasteiger partial charge in [0.25, 0.3) is 0 Å². The number of thiophene rings is 1. The summed E-state index contributed by atoms with van der Waals surface area (Å²) in [5.41, 5.74) is 0. The number of hydrogen-bond donors (Lipinski definition) is 0. The summed E-state index contributed by atoms with van der Waals surface area (Å²) in [5, 5.41) is 0. The van der Waals surface area contributed by atoms with Crippen molar-refractivity contribution in [1.82, 2.24) is 0 Å². The molecule has 0 atom stereocenters. The Kier molecular flexibility index (Phi) is 4.22. The van der Waals surface area contributed by atoms with Crippen molar-refractivity contribution in [3.63, 3.8) is 0 Å². The van der Waals surface area contributed by atoms with Gasteiger partial charge in [0.05, 0.1) is 14.1 Å². The summed E-state index contributed by atoms with van der Waals surface area (Å²) in [6.45, 7) is 0. The molecule has 0 unspecified atom stereocenters. The van der Waals surface area contributed by atoms with Crippen LogP contribution in [-0.2, 0) is 9.84 Å². The fourth-order valence-electron chi connectivity index (χ4n) is 1.46. The third kappa shape index (κ3) is 3.23. The summed E-state index contributed by atoms with van der Waals surface area (Å²) in [5.74, 6) is -3.90. The van der Waals surface area contributed by atoms with E-state index in [0.717, 1.165) is 17.4 Å². The molecule has 0 fully saturated rings. The van der Waals surface area contributed by atoms with Gasteiger partial charge in [-0.2, -0.15) is 0 Å². The molecule has 3 nitrogen and oxygen atoms in total. The van der Waals surface area contributed by atoms with Gasteiger partial charge in [-0.15, -0.1) is 11.3 Å². The lowest BCUT2D eigenvalue weighted by atomic mass is 10.3.